The third-order valence-electron chi connectivity index (χ3n) is 5.38. The Labute approximate surface area is 219 Å². The summed E-state index contributed by atoms with van der Waals surface area (Å²) < 4.78 is 14.2. The number of amides is 2. The van der Waals surface area contributed by atoms with E-state index in [1.54, 1.807) is 17.0 Å². The SMILES string of the molecule is CC(C)NC(=O)C(Cc1ccccc1)N(Cc1ccc(Br)cc1)C(=O)CSCc1ccc(F)cc1. The summed E-state index contributed by atoms with van der Waals surface area (Å²) in [4.78, 5) is 28.5. The van der Waals surface area contributed by atoms with Crippen LogP contribution in [0.2, 0.25) is 0 Å². The maximum Gasteiger partial charge on any atom is 0.243 e. The number of halogens is 2. The molecular weight excluding hydrogens is 527 g/mol. The Morgan fingerprint density at radius 2 is 1.54 bits per heavy atom. The molecule has 1 N–H and O–H groups in total. The fraction of sp³-hybridized carbons (Fsp3) is 0.286. The molecule has 1 unspecified atom stereocenters. The first kappa shape index (κ1) is 27.0. The molecule has 0 aliphatic heterocycles. The first-order valence-electron chi connectivity index (χ1n) is 11.5. The standard InChI is InChI=1S/C28H30BrFN2O2S/c1-20(2)31-28(34)26(16-21-6-4-3-5-7-21)32(17-22-8-12-24(29)13-9-22)27(33)19-35-18-23-10-14-25(30)15-11-23/h3-15,20,26H,16-19H2,1-2H3,(H,31,34). The fourth-order valence-electron chi connectivity index (χ4n) is 3.64. The highest BCUT2D eigenvalue weighted by Gasteiger charge is 2.30. The molecule has 0 radical (unpaired) electrons. The van der Waals surface area contributed by atoms with Crippen molar-refractivity contribution in [3.8, 4) is 0 Å². The van der Waals surface area contributed by atoms with Gasteiger partial charge in [0.15, 0.2) is 0 Å². The zero-order chi connectivity index (χ0) is 25.2. The third kappa shape index (κ3) is 8.82. The Hall–Kier alpha value is -2.64. The summed E-state index contributed by atoms with van der Waals surface area (Å²) in [5, 5.41) is 3.00. The van der Waals surface area contributed by atoms with E-state index in [9.17, 15) is 14.0 Å². The van der Waals surface area contributed by atoms with Crippen LogP contribution in [0.4, 0.5) is 4.39 Å². The molecule has 7 heteroatoms. The molecule has 3 rings (SSSR count). The second-order valence-electron chi connectivity index (χ2n) is 8.64. The predicted octanol–water partition coefficient (Wildman–Crippen LogP) is 5.99. The molecule has 3 aromatic rings. The van der Waals surface area contributed by atoms with E-state index < -0.39 is 6.04 Å². The largest absolute Gasteiger partial charge is 0.352 e. The summed E-state index contributed by atoms with van der Waals surface area (Å²) in [5.74, 6) is 0.238. The molecule has 0 aromatic heterocycles. The lowest BCUT2D eigenvalue weighted by Crippen LogP contribution is -2.52. The molecule has 0 spiro atoms. The van der Waals surface area contributed by atoms with Crippen molar-refractivity contribution in [1.29, 1.82) is 0 Å². The molecule has 3 aromatic carbocycles. The van der Waals surface area contributed by atoms with Crippen molar-refractivity contribution in [1.82, 2.24) is 10.2 Å². The van der Waals surface area contributed by atoms with Gasteiger partial charge in [-0.2, -0.15) is 0 Å². The van der Waals surface area contributed by atoms with Gasteiger partial charge in [-0.3, -0.25) is 9.59 Å². The van der Waals surface area contributed by atoms with E-state index in [2.05, 4.69) is 21.2 Å². The van der Waals surface area contributed by atoms with E-state index in [1.165, 1.54) is 23.9 Å². The molecule has 184 valence electrons. The number of nitrogens with zero attached hydrogens (tertiary/aromatic N) is 1. The zero-order valence-electron chi connectivity index (χ0n) is 19.9. The van der Waals surface area contributed by atoms with E-state index in [4.69, 9.17) is 0 Å². The van der Waals surface area contributed by atoms with Crippen molar-refractivity contribution in [3.05, 3.63) is 106 Å². The third-order valence-corrected chi connectivity index (χ3v) is 6.89. The average molecular weight is 558 g/mol. The maximum atomic E-state index is 13.5. The van der Waals surface area contributed by atoms with Crippen LogP contribution in [0.25, 0.3) is 0 Å². The lowest BCUT2D eigenvalue weighted by Gasteiger charge is -2.32. The van der Waals surface area contributed by atoms with Gasteiger partial charge in [0.25, 0.3) is 0 Å². The summed E-state index contributed by atoms with van der Waals surface area (Å²) in [7, 11) is 0. The van der Waals surface area contributed by atoms with Crippen molar-refractivity contribution < 1.29 is 14.0 Å². The van der Waals surface area contributed by atoms with Gasteiger partial charge in [0, 0.05) is 29.2 Å². The molecule has 35 heavy (non-hydrogen) atoms. The summed E-state index contributed by atoms with van der Waals surface area (Å²) in [5.41, 5.74) is 2.88. The van der Waals surface area contributed by atoms with Crippen molar-refractivity contribution in [3.63, 3.8) is 0 Å². The predicted molar refractivity (Wildman–Crippen MR) is 144 cm³/mol. The van der Waals surface area contributed by atoms with Gasteiger partial charge in [-0.15, -0.1) is 11.8 Å². The molecule has 1 atom stereocenters. The molecule has 0 aliphatic rings. The molecule has 2 amide bonds. The number of hydrogen-bond donors (Lipinski definition) is 1. The molecule has 0 saturated heterocycles. The quantitative estimate of drug-likeness (QED) is 0.315. The number of benzene rings is 3. The molecule has 0 heterocycles. The lowest BCUT2D eigenvalue weighted by atomic mass is 10.0. The number of carbonyl (C=O) groups is 2. The van der Waals surface area contributed by atoms with Gasteiger partial charge < -0.3 is 10.2 Å². The summed E-state index contributed by atoms with van der Waals surface area (Å²) in [6, 6.07) is 23.1. The number of hydrogen-bond acceptors (Lipinski definition) is 3. The van der Waals surface area contributed by atoms with Gasteiger partial charge in [-0.05, 0) is 54.8 Å². The Bertz CT molecular complexity index is 1090. The minimum Gasteiger partial charge on any atom is -0.352 e. The van der Waals surface area contributed by atoms with Crippen LogP contribution in [0, 0.1) is 5.82 Å². The van der Waals surface area contributed by atoms with Gasteiger partial charge in [0.05, 0.1) is 5.75 Å². The Morgan fingerprint density at radius 1 is 0.914 bits per heavy atom. The molecular formula is C28H30BrFN2O2S. The van der Waals surface area contributed by atoms with Gasteiger partial charge in [-0.1, -0.05) is 70.5 Å². The van der Waals surface area contributed by atoms with Gasteiger partial charge in [0.2, 0.25) is 11.8 Å². The molecule has 0 aliphatic carbocycles. The monoisotopic (exact) mass is 556 g/mol. The summed E-state index contributed by atoms with van der Waals surface area (Å²) in [6.07, 6.45) is 0.421. The number of thioether (sulfide) groups is 1. The second kappa shape index (κ2) is 13.4. The Balaban J connectivity index is 1.83. The number of rotatable bonds is 11. The van der Waals surface area contributed by atoms with E-state index in [0.29, 0.717) is 18.7 Å². The second-order valence-corrected chi connectivity index (χ2v) is 10.5. The minimum absolute atomic E-state index is 0.0433. The van der Waals surface area contributed by atoms with E-state index in [0.717, 1.165) is 21.2 Å². The topological polar surface area (TPSA) is 49.4 Å². The van der Waals surface area contributed by atoms with Crippen molar-refractivity contribution >= 4 is 39.5 Å². The lowest BCUT2D eigenvalue weighted by molar-refractivity contribution is -0.139. The van der Waals surface area contributed by atoms with Crippen LogP contribution in [-0.4, -0.2) is 34.6 Å². The first-order valence-corrected chi connectivity index (χ1v) is 13.5. The highest BCUT2D eigenvalue weighted by atomic mass is 79.9. The van der Waals surface area contributed by atoms with E-state index >= 15 is 0 Å². The minimum atomic E-state index is -0.651. The van der Waals surface area contributed by atoms with Crippen LogP contribution in [-0.2, 0) is 28.3 Å². The van der Waals surface area contributed by atoms with Crippen LogP contribution < -0.4 is 5.32 Å². The summed E-state index contributed by atoms with van der Waals surface area (Å²) in [6.45, 7) is 4.15. The highest BCUT2D eigenvalue weighted by molar-refractivity contribution is 9.10. The van der Waals surface area contributed by atoms with Crippen molar-refractivity contribution in [2.45, 2.75) is 44.6 Å². The Kier molecular flexibility index (Phi) is 10.4. The van der Waals surface area contributed by atoms with Crippen LogP contribution >= 0.6 is 27.7 Å². The molecule has 0 bridgehead atoms. The number of nitrogens with one attached hydrogen (secondary N) is 1. The Morgan fingerprint density at radius 3 is 2.17 bits per heavy atom. The highest BCUT2D eigenvalue weighted by Crippen LogP contribution is 2.20. The van der Waals surface area contributed by atoms with Crippen molar-refractivity contribution in [2.24, 2.45) is 0 Å². The average Bonchev–Trinajstić information content (AvgIpc) is 2.84. The molecule has 0 saturated carbocycles. The maximum absolute atomic E-state index is 13.5. The van der Waals surface area contributed by atoms with Crippen LogP contribution in [0.3, 0.4) is 0 Å². The van der Waals surface area contributed by atoms with Crippen molar-refractivity contribution in [2.75, 3.05) is 5.75 Å². The van der Waals surface area contributed by atoms with Gasteiger partial charge in [-0.25, -0.2) is 4.39 Å². The zero-order valence-corrected chi connectivity index (χ0v) is 22.3. The van der Waals surface area contributed by atoms with Gasteiger partial charge in [0.1, 0.15) is 11.9 Å². The van der Waals surface area contributed by atoms with Crippen LogP contribution in [0.5, 0.6) is 0 Å². The van der Waals surface area contributed by atoms with E-state index in [1.807, 2.05) is 68.4 Å². The number of carbonyl (C=O) groups excluding carboxylic acids is 2. The summed E-state index contributed by atoms with van der Waals surface area (Å²) >= 11 is 4.91. The van der Waals surface area contributed by atoms with Crippen LogP contribution in [0.15, 0.2) is 83.3 Å². The van der Waals surface area contributed by atoms with Crippen LogP contribution in [0.1, 0.15) is 30.5 Å². The normalized spacial score (nSPS) is 11.8. The molecule has 4 nitrogen and oxygen atoms in total. The first-order chi connectivity index (χ1) is 16.8. The van der Waals surface area contributed by atoms with E-state index in [-0.39, 0.29) is 29.4 Å². The fourth-order valence-corrected chi connectivity index (χ4v) is 4.78. The molecule has 0 fully saturated rings. The van der Waals surface area contributed by atoms with Gasteiger partial charge >= 0.3 is 0 Å². The smallest absolute Gasteiger partial charge is 0.243 e.